The third-order valence-electron chi connectivity index (χ3n) is 5.91. The minimum absolute atomic E-state index is 0.141. The van der Waals surface area contributed by atoms with E-state index >= 15 is 0 Å². The Hall–Kier alpha value is -2.28. The van der Waals surface area contributed by atoms with Crippen molar-refractivity contribution in [3.63, 3.8) is 0 Å². The highest BCUT2D eigenvalue weighted by Crippen LogP contribution is 2.26. The molecule has 2 amide bonds. The summed E-state index contributed by atoms with van der Waals surface area (Å²) in [5.41, 5.74) is 0.576. The summed E-state index contributed by atoms with van der Waals surface area (Å²) in [7, 11) is 0. The third kappa shape index (κ3) is 7.13. The number of amides is 2. The normalized spacial score (nSPS) is 19.9. The van der Waals surface area contributed by atoms with E-state index in [0.29, 0.717) is 29.6 Å². The molecule has 1 aliphatic heterocycles. The van der Waals surface area contributed by atoms with E-state index in [1.807, 2.05) is 11.8 Å². The van der Waals surface area contributed by atoms with Gasteiger partial charge in [-0.1, -0.05) is 30.9 Å². The van der Waals surface area contributed by atoms with Crippen molar-refractivity contribution in [3.8, 4) is 0 Å². The standard InChI is InChI=1S/C23H34ClN5O2/c1-2-25-23(27-14-13-26-21(30)17-8-10-19(24)11-9-17)28-20-12-15-29(16-20)22(31)18-6-4-3-5-7-18/h8-11,18,20H,2-7,12-16H2,1H3,(H,26,30)(H2,25,27,28). The van der Waals surface area contributed by atoms with E-state index in [4.69, 9.17) is 11.6 Å². The lowest BCUT2D eigenvalue weighted by molar-refractivity contribution is -0.135. The second kappa shape index (κ2) is 11.9. The molecular weight excluding hydrogens is 414 g/mol. The number of benzene rings is 1. The van der Waals surface area contributed by atoms with Crippen molar-refractivity contribution in [1.29, 1.82) is 0 Å². The van der Waals surface area contributed by atoms with E-state index in [1.165, 1.54) is 19.3 Å². The molecule has 8 heteroatoms. The first kappa shape index (κ1) is 23.4. The van der Waals surface area contributed by atoms with Gasteiger partial charge in [-0.3, -0.25) is 14.6 Å². The van der Waals surface area contributed by atoms with Crippen LogP contribution in [0, 0.1) is 5.92 Å². The highest BCUT2D eigenvalue weighted by atomic mass is 35.5. The van der Waals surface area contributed by atoms with Crippen molar-refractivity contribution in [3.05, 3.63) is 34.9 Å². The van der Waals surface area contributed by atoms with Crippen LogP contribution in [0.1, 0.15) is 55.8 Å². The van der Waals surface area contributed by atoms with Crippen LogP contribution in [0.4, 0.5) is 0 Å². The number of carbonyl (C=O) groups is 2. The van der Waals surface area contributed by atoms with Gasteiger partial charge in [0.1, 0.15) is 0 Å². The Morgan fingerprint density at radius 2 is 1.84 bits per heavy atom. The Kier molecular flexibility index (Phi) is 9.00. The third-order valence-corrected chi connectivity index (χ3v) is 6.17. The molecule has 1 aliphatic carbocycles. The Balaban J connectivity index is 1.43. The first-order chi connectivity index (χ1) is 15.1. The second-order valence-corrected chi connectivity index (χ2v) is 8.71. The van der Waals surface area contributed by atoms with Gasteiger partial charge in [0.05, 0.1) is 6.54 Å². The van der Waals surface area contributed by atoms with Crippen molar-refractivity contribution >= 4 is 29.4 Å². The van der Waals surface area contributed by atoms with Gasteiger partial charge in [-0.2, -0.15) is 0 Å². The van der Waals surface area contributed by atoms with Gasteiger partial charge in [-0.05, 0) is 50.5 Å². The topological polar surface area (TPSA) is 85.8 Å². The lowest BCUT2D eigenvalue weighted by Gasteiger charge is -2.26. The Morgan fingerprint density at radius 3 is 2.55 bits per heavy atom. The smallest absolute Gasteiger partial charge is 0.251 e. The number of carbonyl (C=O) groups excluding carboxylic acids is 2. The fraction of sp³-hybridized carbons (Fsp3) is 0.609. The zero-order valence-corrected chi connectivity index (χ0v) is 19.1. The van der Waals surface area contributed by atoms with Crippen LogP contribution in [0.5, 0.6) is 0 Å². The molecule has 1 unspecified atom stereocenters. The van der Waals surface area contributed by atoms with Crippen LogP contribution in [0.25, 0.3) is 0 Å². The summed E-state index contributed by atoms with van der Waals surface area (Å²) in [6, 6.07) is 7.01. The molecule has 1 saturated heterocycles. The van der Waals surface area contributed by atoms with Crippen LogP contribution in [-0.4, -0.2) is 61.4 Å². The van der Waals surface area contributed by atoms with Crippen molar-refractivity contribution in [2.45, 2.75) is 51.5 Å². The number of rotatable bonds is 7. The van der Waals surface area contributed by atoms with Gasteiger partial charge >= 0.3 is 0 Å². The summed E-state index contributed by atoms with van der Waals surface area (Å²) in [6.45, 7) is 5.21. The molecule has 1 atom stereocenters. The monoisotopic (exact) mass is 447 g/mol. The van der Waals surface area contributed by atoms with E-state index in [-0.39, 0.29) is 17.9 Å². The van der Waals surface area contributed by atoms with Crippen LogP contribution in [0.15, 0.2) is 29.3 Å². The van der Waals surface area contributed by atoms with Gasteiger partial charge in [-0.15, -0.1) is 0 Å². The molecule has 1 aromatic rings. The largest absolute Gasteiger partial charge is 0.357 e. The predicted octanol–water partition coefficient (Wildman–Crippen LogP) is 2.81. The number of aliphatic imine (C=N–C) groups is 1. The predicted molar refractivity (Wildman–Crippen MR) is 124 cm³/mol. The molecule has 3 N–H and O–H groups in total. The average molecular weight is 448 g/mol. The molecule has 0 aromatic heterocycles. The number of guanidine groups is 1. The van der Waals surface area contributed by atoms with E-state index in [2.05, 4.69) is 20.9 Å². The van der Waals surface area contributed by atoms with Crippen molar-refractivity contribution < 1.29 is 9.59 Å². The summed E-state index contributed by atoms with van der Waals surface area (Å²) < 4.78 is 0. The average Bonchev–Trinajstić information content (AvgIpc) is 3.25. The molecule has 170 valence electrons. The maximum atomic E-state index is 12.8. The highest BCUT2D eigenvalue weighted by Gasteiger charge is 2.31. The van der Waals surface area contributed by atoms with E-state index < -0.39 is 0 Å². The number of halogens is 1. The summed E-state index contributed by atoms with van der Waals surface area (Å²) in [6.07, 6.45) is 6.63. The van der Waals surface area contributed by atoms with Crippen molar-refractivity contribution in [2.24, 2.45) is 10.9 Å². The molecule has 1 heterocycles. The Labute approximate surface area is 190 Å². The molecule has 0 bridgehead atoms. The van der Waals surface area contributed by atoms with Crippen LogP contribution in [0.2, 0.25) is 5.02 Å². The molecule has 1 aromatic carbocycles. The zero-order chi connectivity index (χ0) is 22.1. The molecule has 2 fully saturated rings. The minimum atomic E-state index is -0.141. The maximum Gasteiger partial charge on any atom is 0.251 e. The van der Waals surface area contributed by atoms with Crippen LogP contribution >= 0.6 is 11.6 Å². The quantitative estimate of drug-likeness (QED) is 0.341. The number of nitrogens with one attached hydrogen (secondary N) is 3. The highest BCUT2D eigenvalue weighted by molar-refractivity contribution is 6.30. The maximum absolute atomic E-state index is 12.8. The summed E-state index contributed by atoms with van der Waals surface area (Å²) in [5, 5.41) is 10.2. The lowest BCUT2D eigenvalue weighted by Crippen LogP contribution is -2.46. The van der Waals surface area contributed by atoms with Crippen LogP contribution < -0.4 is 16.0 Å². The van der Waals surface area contributed by atoms with Crippen LogP contribution in [0.3, 0.4) is 0 Å². The first-order valence-electron chi connectivity index (χ1n) is 11.4. The van der Waals surface area contributed by atoms with Crippen molar-refractivity contribution in [1.82, 2.24) is 20.9 Å². The number of nitrogens with zero attached hydrogens (tertiary/aromatic N) is 2. The molecule has 31 heavy (non-hydrogen) atoms. The van der Waals surface area contributed by atoms with E-state index in [1.54, 1.807) is 24.3 Å². The van der Waals surface area contributed by atoms with E-state index in [0.717, 1.165) is 44.9 Å². The van der Waals surface area contributed by atoms with Gasteiger partial charge in [0, 0.05) is 48.7 Å². The summed E-state index contributed by atoms with van der Waals surface area (Å²) >= 11 is 5.86. The molecule has 1 saturated carbocycles. The SMILES string of the molecule is CCNC(=NCCNC(=O)c1ccc(Cl)cc1)NC1CCN(C(=O)C2CCCCC2)C1. The Morgan fingerprint density at radius 1 is 1.10 bits per heavy atom. The molecule has 0 radical (unpaired) electrons. The number of hydrogen-bond acceptors (Lipinski definition) is 3. The molecule has 3 rings (SSSR count). The fourth-order valence-electron chi connectivity index (χ4n) is 4.24. The fourth-order valence-corrected chi connectivity index (χ4v) is 4.37. The van der Waals surface area contributed by atoms with Gasteiger partial charge < -0.3 is 20.9 Å². The Bertz CT molecular complexity index is 762. The minimum Gasteiger partial charge on any atom is -0.357 e. The number of likely N-dealkylation sites (tertiary alicyclic amines) is 1. The zero-order valence-electron chi connectivity index (χ0n) is 18.3. The summed E-state index contributed by atoms with van der Waals surface area (Å²) in [4.78, 5) is 31.5. The van der Waals surface area contributed by atoms with E-state index in [9.17, 15) is 9.59 Å². The molecular formula is C23H34ClN5O2. The van der Waals surface area contributed by atoms with Gasteiger partial charge in [0.15, 0.2) is 5.96 Å². The van der Waals surface area contributed by atoms with Gasteiger partial charge in [0.25, 0.3) is 5.91 Å². The molecule has 0 spiro atoms. The lowest BCUT2D eigenvalue weighted by atomic mass is 9.88. The number of hydrogen-bond donors (Lipinski definition) is 3. The van der Waals surface area contributed by atoms with Gasteiger partial charge in [0.2, 0.25) is 5.91 Å². The van der Waals surface area contributed by atoms with Gasteiger partial charge in [-0.25, -0.2) is 0 Å². The first-order valence-corrected chi connectivity index (χ1v) is 11.8. The molecule has 2 aliphatic rings. The van der Waals surface area contributed by atoms with Crippen molar-refractivity contribution in [2.75, 3.05) is 32.7 Å². The summed E-state index contributed by atoms with van der Waals surface area (Å²) in [5.74, 6) is 1.13. The van der Waals surface area contributed by atoms with Crippen LogP contribution in [-0.2, 0) is 4.79 Å². The molecule has 7 nitrogen and oxygen atoms in total. The second-order valence-electron chi connectivity index (χ2n) is 8.27.